The fourth-order valence-corrected chi connectivity index (χ4v) is 1.31. The van der Waals surface area contributed by atoms with Crippen molar-refractivity contribution in [3.05, 3.63) is 23.7 Å². The van der Waals surface area contributed by atoms with Crippen LogP contribution in [0.1, 0.15) is 38.2 Å². The molecule has 0 aromatic carbocycles. The number of furan rings is 1. The van der Waals surface area contributed by atoms with E-state index in [4.69, 9.17) is 4.42 Å². The summed E-state index contributed by atoms with van der Waals surface area (Å²) >= 11 is 0. The molecule has 0 saturated carbocycles. The van der Waals surface area contributed by atoms with E-state index in [1.165, 1.54) is 6.92 Å². The molecule has 1 heterocycles. The molecule has 0 spiro atoms. The van der Waals surface area contributed by atoms with Gasteiger partial charge >= 0.3 is 0 Å². The summed E-state index contributed by atoms with van der Waals surface area (Å²) in [6.07, 6.45) is 1.78. The molecule has 82 valence electrons. The Morgan fingerprint density at radius 3 is 2.40 bits per heavy atom. The predicted molar refractivity (Wildman–Crippen MR) is 56.7 cm³/mol. The first kappa shape index (κ1) is 11.7. The maximum Gasteiger partial charge on any atom is 0.140 e. The molecule has 1 rings (SSSR count). The standard InChI is InChI=1S/C12H16O3/c1-3-11-6-7-12(15-11)8-10(14)5-4-9(2)13/h6-7H,3-5,8H2,1-2H3. The highest BCUT2D eigenvalue weighted by Gasteiger charge is 2.08. The van der Waals surface area contributed by atoms with Crippen molar-refractivity contribution in [1.29, 1.82) is 0 Å². The molecular weight excluding hydrogens is 192 g/mol. The zero-order valence-corrected chi connectivity index (χ0v) is 9.21. The topological polar surface area (TPSA) is 47.3 Å². The molecule has 0 amide bonds. The lowest BCUT2D eigenvalue weighted by Gasteiger charge is -1.96. The second kappa shape index (κ2) is 5.49. The average molecular weight is 208 g/mol. The minimum Gasteiger partial charge on any atom is -0.466 e. The van der Waals surface area contributed by atoms with Crippen LogP contribution in [0.3, 0.4) is 0 Å². The van der Waals surface area contributed by atoms with Gasteiger partial charge in [-0.15, -0.1) is 0 Å². The van der Waals surface area contributed by atoms with Crippen LogP contribution in [0.2, 0.25) is 0 Å². The summed E-state index contributed by atoms with van der Waals surface area (Å²) < 4.78 is 5.40. The number of hydrogen-bond donors (Lipinski definition) is 0. The third-order valence-corrected chi connectivity index (χ3v) is 2.19. The van der Waals surface area contributed by atoms with Crippen molar-refractivity contribution >= 4 is 11.6 Å². The van der Waals surface area contributed by atoms with Crippen molar-refractivity contribution in [1.82, 2.24) is 0 Å². The second-order valence-corrected chi connectivity index (χ2v) is 3.64. The molecule has 1 aromatic heterocycles. The molecule has 3 nitrogen and oxygen atoms in total. The monoisotopic (exact) mass is 208 g/mol. The summed E-state index contributed by atoms with van der Waals surface area (Å²) in [6, 6.07) is 3.71. The van der Waals surface area contributed by atoms with Gasteiger partial charge in [0.25, 0.3) is 0 Å². The molecule has 0 aliphatic carbocycles. The van der Waals surface area contributed by atoms with Gasteiger partial charge in [0.1, 0.15) is 23.1 Å². The Morgan fingerprint density at radius 1 is 1.20 bits per heavy atom. The van der Waals surface area contributed by atoms with Crippen LogP contribution in [0.4, 0.5) is 0 Å². The molecular formula is C12H16O3. The Hall–Kier alpha value is -1.38. The molecule has 0 saturated heterocycles. The van der Waals surface area contributed by atoms with Crippen LogP contribution in [-0.2, 0) is 22.4 Å². The Labute approximate surface area is 89.5 Å². The molecule has 15 heavy (non-hydrogen) atoms. The highest BCUT2D eigenvalue weighted by Crippen LogP contribution is 2.10. The first-order valence-electron chi connectivity index (χ1n) is 5.20. The van der Waals surface area contributed by atoms with E-state index < -0.39 is 0 Å². The molecule has 0 bridgehead atoms. The van der Waals surface area contributed by atoms with Crippen LogP contribution in [-0.4, -0.2) is 11.6 Å². The van der Waals surface area contributed by atoms with Gasteiger partial charge in [-0.2, -0.15) is 0 Å². The minimum atomic E-state index is 0.0528. The van der Waals surface area contributed by atoms with Gasteiger partial charge in [0.05, 0.1) is 6.42 Å². The van der Waals surface area contributed by atoms with Gasteiger partial charge in [-0.25, -0.2) is 0 Å². The molecule has 1 aromatic rings. The normalized spacial score (nSPS) is 10.3. The summed E-state index contributed by atoms with van der Waals surface area (Å²) in [5.74, 6) is 1.70. The zero-order valence-electron chi connectivity index (χ0n) is 9.21. The quantitative estimate of drug-likeness (QED) is 0.720. The lowest BCUT2D eigenvalue weighted by Crippen LogP contribution is -2.04. The van der Waals surface area contributed by atoms with Crippen LogP contribution in [0.5, 0.6) is 0 Å². The first-order chi connectivity index (χ1) is 7.11. The van der Waals surface area contributed by atoms with Gasteiger partial charge in [0.15, 0.2) is 0 Å². The average Bonchev–Trinajstić information content (AvgIpc) is 2.62. The number of aryl methyl sites for hydroxylation is 1. The van der Waals surface area contributed by atoms with E-state index in [1.54, 1.807) is 0 Å². The molecule has 0 fully saturated rings. The second-order valence-electron chi connectivity index (χ2n) is 3.64. The third-order valence-electron chi connectivity index (χ3n) is 2.19. The van der Waals surface area contributed by atoms with E-state index in [0.717, 1.165) is 12.2 Å². The largest absolute Gasteiger partial charge is 0.466 e. The van der Waals surface area contributed by atoms with E-state index >= 15 is 0 Å². The molecule has 0 aliphatic rings. The van der Waals surface area contributed by atoms with Gasteiger partial charge < -0.3 is 9.21 Å². The summed E-state index contributed by atoms with van der Waals surface area (Å²) in [6.45, 7) is 3.50. The van der Waals surface area contributed by atoms with Gasteiger partial charge in [-0.1, -0.05) is 6.92 Å². The van der Waals surface area contributed by atoms with E-state index in [9.17, 15) is 9.59 Å². The number of Topliss-reactive ketones (excluding diaryl/α,β-unsaturated/α-hetero) is 2. The molecule has 0 atom stereocenters. The third kappa shape index (κ3) is 4.11. The number of carbonyl (C=O) groups is 2. The lowest BCUT2D eigenvalue weighted by molar-refractivity contribution is -0.123. The highest BCUT2D eigenvalue weighted by molar-refractivity contribution is 5.85. The van der Waals surface area contributed by atoms with Crippen molar-refractivity contribution in [2.45, 2.75) is 39.5 Å². The van der Waals surface area contributed by atoms with Gasteiger partial charge in [0.2, 0.25) is 0 Å². The molecule has 3 heteroatoms. The lowest BCUT2D eigenvalue weighted by atomic mass is 10.1. The summed E-state index contributed by atoms with van der Waals surface area (Å²) in [4.78, 5) is 22.1. The van der Waals surface area contributed by atoms with Crippen molar-refractivity contribution < 1.29 is 14.0 Å². The Morgan fingerprint density at radius 2 is 1.87 bits per heavy atom. The smallest absolute Gasteiger partial charge is 0.140 e. The van der Waals surface area contributed by atoms with E-state index in [-0.39, 0.29) is 11.6 Å². The molecule has 0 radical (unpaired) electrons. The fraction of sp³-hybridized carbons (Fsp3) is 0.500. The Balaban J connectivity index is 2.40. The highest BCUT2D eigenvalue weighted by atomic mass is 16.3. The number of rotatable bonds is 6. The van der Waals surface area contributed by atoms with Crippen LogP contribution in [0.15, 0.2) is 16.5 Å². The summed E-state index contributed by atoms with van der Waals surface area (Å²) in [7, 11) is 0. The molecule has 0 unspecified atom stereocenters. The first-order valence-corrected chi connectivity index (χ1v) is 5.20. The van der Waals surface area contributed by atoms with Crippen LogP contribution >= 0.6 is 0 Å². The fourth-order valence-electron chi connectivity index (χ4n) is 1.31. The Kier molecular flexibility index (Phi) is 4.28. The van der Waals surface area contributed by atoms with Crippen LogP contribution in [0.25, 0.3) is 0 Å². The minimum absolute atomic E-state index is 0.0528. The van der Waals surface area contributed by atoms with Crippen molar-refractivity contribution in [2.75, 3.05) is 0 Å². The zero-order chi connectivity index (χ0) is 11.3. The predicted octanol–water partition coefficient (Wildman–Crippen LogP) is 2.32. The van der Waals surface area contributed by atoms with E-state index in [2.05, 4.69) is 0 Å². The number of carbonyl (C=O) groups excluding carboxylic acids is 2. The van der Waals surface area contributed by atoms with Gasteiger partial charge in [0, 0.05) is 19.3 Å². The maximum atomic E-state index is 11.4. The number of hydrogen-bond acceptors (Lipinski definition) is 3. The van der Waals surface area contributed by atoms with Crippen molar-refractivity contribution in [2.24, 2.45) is 0 Å². The van der Waals surface area contributed by atoms with E-state index in [0.29, 0.717) is 25.0 Å². The maximum absolute atomic E-state index is 11.4. The summed E-state index contributed by atoms with van der Waals surface area (Å²) in [5, 5.41) is 0. The van der Waals surface area contributed by atoms with Crippen molar-refractivity contribution in [3.8, 4) is 0 Å². The molecule has 0 aliphatic heterocycles. The van der Waals surface area contributed by atoms with Crippen LogP contribution < -0.4 is 0 Å². The van der Waals surface area contributed by atoms with Gasteiger partial charge in [-0.3, -0.25) is 4.79 Å². The number of ketones is 2. The summed E-state index contributed by atoms with van der Waals surface area (Å²) in [5.41, 5.74) is 0. The SMILES string of the molecule is CCc1ccc(CC(=O)CCC(C)=O)o1. The van der Waals surface area contributed by atoms with Crippen molar-refractivity contribution in [3.63, 3.8) is 0 Å². The Bertz CT molecular complexity index is 350. The van der Waals surface area contributed by atoms with Crippen LogP contribution in [0, 0.1) is 0 Å². The molecule has 0 N–H and O–H groups in total. The van der Waals surface area contributed by atoms with E-state index in [1.807, 2.05) is 19.1 Å². The van der Waals surface area contributed by atoms with Gasteiger partial charge in [-0.05, 0) is 19.1 Å².